The summed E-state index contributed by atoms with van der Waals surface area (Å²) in [6, 6.07) is 0. The number of Topliss-reactive ketones (excluding diaryl/α,β-unsaturated/α-hetero) is 1. The Kier molecular flexibility index (Phi) is 4.33. The van der Waals surface area contributed by atoms with Crippen LogP contribution in [0.5, 0.6) is 0 Å². The highest BCUT2D eigenvalue weighted by Crippen LogP contribution is 2.14. The lowest BCUT2D eigenvalue weighted by Crippen LogP contribution is -2.39. The van der Waals surface area contributed by atoms with Crippen molar-refractivity contribution in [2.45, 2.75) is 20.3 Å². The van der Waals surface area contributed by atoms with E-state index < -0.39 is 0 Å². The molecular weight excluding hydrogens is 188 g/mol. The zero-order valence-corrected chi connectivity index (χ0v) is 10.2. The van der Waals surface area contributed by atoms with E-state index in [1.807, 2.05) is 25.2 Å². The van der Waals surface area contributed by atoms with E-state index in [1.54, 1.807) is 0 Å². The van der Waals surface area contributed by atoms with Crippen LogP contribution in [0.3, 0.4) is 0 Å². The van der Waals surface area contributed by atoms with Crippen LogP contribution in [0.4, 0.5) is 0 Å². The number of rotatable bonds is 3. The van der Waals surface area contributed by atoms with Gasteiger partial charge in [-0.15, -0.1) is 0 Å². The molecule has 1 rings (SSSR count). The fraction of sp³-hybridized carbons (Fsp3) is 0.667. The zero-order valence-electron chi connectivity index (χ0n) is 10.2. The number of carbonyl (C=O) groups excluding carboxylic acids is 1. The second kappa shape index (κ2) is 5.31. The van der Waals surface area contributed by atoms with Gasteiger partial charge in [0, 0.05) is 39.0 Å². The van der Waals surface area contributed by atoms with Crippen LogP contribution in [-0.4, -0.2) is 49.3 Å². The summed E-state index contributed by atoms with van der Waals surface area (Å²) in [6.07, 6.45) is 2.83. The molecule has 0 aromatic heterocycles. The molecule has 1 fully saturated rings. The molecule has 0 unspecified atom stereocenters. The molecule has 0 aliphatic carbocycles. The molecule has 1 heterocycles. The summed E-state index contributed by atoms with van der Waals surface area (Å²) in [5.74, 6) is 1.64. The molecule has 15 heavy (non-hydrogen) atoms. The van der Waals surface area contributed by atoms with Crippen LogP contribution in [0.2, 0.25) is 0 Å². The van der Waals surface area contributed by atoms with Crippen LogP contribution in [0.15, 0.2) is 11.8 Å². The van der Waals surface area contributed by atoms with Crippen molar-refractivity contribution in [3.8, 4) is 0 Å². The van der Waals surface area contributed by atoms with Gasteiger partial charge in [-0.1, -0.05) is 13.8 Å². The Morgan fingerprint density at radius 3 is 2.60 bits per heavy atom. The van der Waals surface area contributed by atoms with Gasteiger partial charge in [-0.05, 0) is 12.3 Å². The Morgan fingerprint density at radius 1 is 1.47 bits per heavy atom. The fourth-order valence-corrected chi connectivity index (χ4v) is 1.83. The molecule has 0 aromatic rings. The van der Waals surface area contributed by atoms with Gasteiger partial charge in [0.2, 0.25) is 0 Å². The van der Waals surface area contributed by atoms with E-state index >= 15 is 0 Å². The minimum absolute atomic E-state index is 0.274. The molecular formula is C12H21N2O. The van der Waals surface area contributed by atoms with Crippen molar-refractivity contribution in [1.29, 1.82) is 0 Å². The molecule has 0 aromatic carbocycles. The summed E-state index contributed by atoms with van der Waals surface area (Å²) in [5, 5.41) is 0. The lowest BCUT2D eigenvalue weighted by atomic mass is 10.0. The molecule has 1 aliphatic heterocycles. The maximum atomic E-state index is 11.8. The Balaban J connectivity index is 2.52. The first-order chi connectivity index (χ1) is 6.99. The molecule has 0 bridgehead atoms. The molecule has 0 amide bonds. The van der Waals surface area contributed by atoms with E-state index in [1.165, 1.54) is 5.92 Å². The number of piperidine rings is 1. The van der Waals surface area contributed by atoms with Crippen LogP contribution >= 0.6 is 0 Å². The van der Waals surface area contributed by atoms with E-state index in [0.29, 0.717) is 6.54 Å². The summed E-state index contributed by atoms with van der Waals surface area (Å²) in [4.78, 5) is 15.9. The van der Waals surface area contributed by atoms with Gasteiger partial charge in [-0.2, -0.15) is 0 Å². The first-order valence-corrected chi connectivity index (χ1v) is 5.40. The maximum Gasteiger partial charge on any atom is 0.174 e. The number of ketones is 1. The highest BCUT2D eigenvalue weighted by Gasteiger charge is 2.21. The second-order valence-corrected chi connectivity index (χ2v) is 4.71. The Bertz CT molecular complexity index is 256. The Morgan fingerprint density at radius 2 is 2.13 bits per heavy atom. The lowest BCUT2D eigenvalue weighted by Gasteiger charge is -2.28. The third-order valence-electron chi connectivity index (χ3n) is 2.38. The third kappa shape index (κ3) is 4.04. The highest BCUT2D eigenvalue weighted by atomic mass is 16.1. The minimum Gasteiger partial charge on any atom is -0.383 e. The molecule has 85 valence electrons. The van der Waals surface area contributed by atoms with E-state index in [0.717, 1.165) is 25.1 Å². The van der Waals surface area contributed by atoms with Gasteiger partial charge in [-0.3, -0.25) is 9.69 Å². The molecule has 1 aliphatic rings. The molecule has 0 spiro atoms. The van der Waals surface area contributed by atoms with Crippen molar-refractivity contribution in [1.82, 2.24) is 9.80 Å². The standard InChI is InChI=1S/C12H21N2O/c1-10(2)7-14-6-5-11(8-13(3)4)12(15)9-14/h8H,5-7,9H2,1-4H3. The SMILES string of the molecule is C[C](C)CN1CCC(=CN(C)C)C(=O)C1. The molecule has 0 N–H and O–H groups in total. The quantitative estimate of drug-likeness (QED) is 0.655. The van der Waals surface area contributed by atoms with Crippen molar-refractivity contribution in [3.63, 3.8) is 0 Å². The highest BCUT2D eigenvalue weighted by molar-refractivity contribution is 5.97. The largest absolute Gasteiger partial charge is 0.383 e. The number of carbonyl (C=O) groups is 1. The molecule has 1 radical (unpaired) electrons. The van der Waals surface area contributed by atoms with Gasteiger partial charge < -0.3 is 4.90 Å². The monoisotopic (exact) mass is 209 g/mol. The Labute approximate surface area is 92.7 Å². The predicted octanol–water partition coefficient (Wildman–Crippen LogP) is 1.32. The van der Waals surface area contributed by atoms with Gasteiger partial charge in [0.05, 0.1) is 6.54 Å². The van der Waals surface area contributed by atoms with Crippen LogP contribution in [0.1, 0.15) is 20.3 Å². The maximum absolute atomic E-state index is 11.8. The van der Waals surface area contributed by atoms with E-state index in [-0.39, 0.29) is 5.78 Å². The molecule has 0 atom stereocenters. The normalized spacial score (nSPS) is 21.4. The molecule has 1 saturated heterocycles. The van der Waals surface area contributed by atoms with Crippen molar-refractivity contribution in [2.24, 2.45) is 0 Å². The van der Waals surface area contributed by atoms with Gasteiger partial charge in [-0.25, -0.2) is 0 Å². The van der Waals surface area contributed by atoms with Gasteiger partial charge in [0.15, 0.2) is 5.78 Å². The van der Waals surface area contributed by atoms with Gasteiger partial charge in [0.1, 0.15) is 0 Å². The van der Waals surface area contributed by atoms with E-state index in [2.05, 4.69) is 18.7 Å². The molecule has 0 saturated carbocycles. The van der Waals surface area contributed by atoms with Crippen LogP contribution < -0.4 is 0 Å². The van der Waals surface area contributed by atoms with Crippen LogP contribution in [0.25, 0.3) is 0 Å². The van der Waals surface area contributed by atoms with Gasteiger partial charge in [0.25, 0.3) is 0 Å². The smallest absolute Gasteiger partial charge is 0.174 e. The van der Waals surface area contributed by atoms with Crippen LogP contribution in [0, 0.1) is 5.92 Å². The summed E-state index contributed by atoms with van der Waals surface area (Å²) >= 11 is 0. The van der Waals surface area contributed by atoms with Crippen LogP contribution in [-0.2, 0) is 4.79 Å². The molecule has 3 heteroatoms. The van der Waals surface area contributed by atoms with Gasteiger partial charge >= 0.3 is 0 Å². The number of likely N-dealkylation sites (tertiary alicyclic amines) is 1. The average Bonchev–Trinajstić information content (AvgIpc) is 2.08. The average molecular weight is 209 g/mol. The number of hydrogen-bond donors (Lipinski definition) is 0. The summed E-state index contributed by atoms with van der Waals surface area (Å²) in [7, 11) is 3.91. The lowest BCUT2D eigenvalue weighted by molar-refractivity contribution is -0.118. The number of hydrogen-bond acceptors (Lipinski definition) is 3. The van der Waals surface area contributed by atoms with E-state index in [4.69, 9.17) is 0 Å². The zero-order chi connectivity index (χ0) is 11.4. The first kappa shape index (κ1) is 12.2. The minimum atomic E-state index is 0.274. The molecule has 3 nitrogen and oxygen atoms in total. The second-order valence-electron chi connectivity index (χ2n) is 4.71. The number of nitrogens with zero attached hydrogens (tertiary/aromatic N) is 2. The van der Waals surface area contributed by atoms with Crippen molar-refractivity contribution in [3.05, 3.63) is 17.7 Å². The fourth-order valence-electron chi connectivity index (χ4n) is 1.83. The van der Waals surface area contributed by atoms with Crippen molar-refractivity contribution < 1.29 is 4.79 Å². The summed E-state index contributed by atoms with van der Waals surface area (Å²) < 4.78 is 0. The van der Waals surface area contributed by atoms with E-state index in [9.17, 15) is 4.79 Å². The topological polar surface area (TPSA) is 23.6 Å². The van der Waals surface area contributed by atoms with Crippen molar-refractivity contribution in [2.75, 3.05) is 33.7 Å². The third-order valence-corrected chi connectivity index (χ3v) is 2.38. The van der Waals surface area contributed by atoms with Crippen molar-refractivity contribution >= 4 is 5.78 Å². The summed E-state index contributed by atoms with van der Waals surface area (Å²) in [5.41, 5.74) is 0.963. The summed E-state index contributed by atoms with van der Waals surface area (Å²) in [6.45, 7) is 6.73. The first-order valence-electron chi connectivity index (χ1n) is 5.40. The Hall–Kier alpha value is -0.830. The predicted molar refractivity (Wildman–Crippen MR) is 62.4 cm³/mol.